The average Bonchev–Trinajstić information content (AvgIpc) is 2.47. The highest BCUT2D eigenvalue weighted by Crippen LogP contribution is 2.29. The van der Waals surface area contributed by atoms with Crippen LogP contribution in [0, 0.1) is 0 Å². The summed E-state index contributed by atoms with van der Waals surface area (Å²) in [5.41, 5.74) is 8.07. The van der Waals surface area contributed by atoms with E-state index in [-0.39, 0.29) is 6.04 Å². The molecule has 2 N–H and O–H groups in total. The number of methoxy groups -OCH3 is 2. The second-order valence-electron chi connectivity index (χ2n) is 4.37. The Labute approximate surface area is 123 Å². The summed E-state index contributed by atoms with van der Waals surface area (Å²) in [6.45, 7) is 0. The van der Waals surface area contributed by atoms with Crippen molar-refractivity contribution in [2.75, 3.05) is 14.2 Å². The van der Waals surface area contributed by atoms with E-state index in [0.717, 1.165) is 16.9 Å². The lowest BCUT2D eigenvalue weighted by Gasteiger charge is -2.16. The number of halogens is 1. The van der Waals surface area contributed by atoms with Crippen LogP contribution in [0.15, 0.2) is 36.5 Å². The van der Waals surface area contributed by atoms with Crippen molar-refractivity contribution in [3.8, 4) is 11.6 Å². The molecule has 5 heteroatoms. The molecule has 0 amide bonds. The maximum atomic E-state index is 6.26. The van der Waals surface area contributed by atoms with Crippen molar-refractivity contribution in [3.05, 3.63) is 52.7 Å². The molecule has 4 nitrogen and oxygen atoms in total. The van der Waals surface area contributed by atoms with Gasteiger partial charge in [-0.25, -0.2) is 4.98 Å². The van der Waals surface area contributed by atoms with Gasteiger partial charge in [-0.2, -0.15) is 0 Å². The van der Waals surface area contributed by atoms with E-state index in [1.165, 1.54) is 0 Å². The van der Waals surface area contributed by atoms with Crippen LogP contribution in [0.3, 0.4) is 0 Å². The van der Waals surface area contributed by atoms with Gasteiger partial charge in [0.2, 0.25) is 5.88 Å². The Morgan fingerprint density at radius 1 is 1.25 bits per heavy atom. The molecule has 1 unspecified atom stereocenters. The zero-order chi connectivity index (χ0) is 14.5. The van der Waals surface area contributed by atoms with Gasteiger partial charge in [0.25, 0.3) is 0 Å². The summed E-state index contributed by atoms with van der Waals surface area (Å²) in [5.74, 6) is 1.31. The van der Waals surface area contributed by atoms with E-state index in [4.69, 9.17) is 26.8 Å². The minimum atomic E-state index is -0.244. The summed E-state index contributed by atoms with van der Waals surface area (Å²) in [7, 11) is 3.21. The quantitative estimate of drug-likeness (QED) is 0.920. The molecule has 0 bridgehead atoms. The number of pyridine rings is 1. The van der Waals surface area contributed by atoms with Gasteiger partial charge in [0.1, 0.15) is 5.75 Å². The van der Waals surface area contributed by atoms with E-state index >= 15 is 0 Å². The van der Waals surface area contributed by atoms with Crippen LogP contribution in [0.4, 0.5) is 0 Å². The fourth-order valence-corrected chi connectivity index (χ4v) is 2.30. The smallest absolute Gasteiger partial charge is 0.217 e. The fourth-order valence-electron chi connectivity index (χ4n) is 2.11. The second kappa shape index (κ2) is 6.59. The summed E-state index contributed by atoms with van der Waals surface area (Å²) < 4.78 is 10.6. The third-order valence-electron chi connectivity index (χ3n) is 3.08. The Balaban J connectivity index is 2.27. The minimum Gasteiger partial charge on any atom is -0.496 e. The molecule has 0 aliphatic rings. The van der Waals surface area contributed by atoms with Crippen LogP contribution in [0.2, 0.25) is 5.02 Å². The lowest BCUT2D eigenvalue weighted by Crippen LogP contribution is -2.15. The number of benzene rings is 1. The molecule has 2 rings (SSSR count). The van der Waals surface area contributed by atoms with E-state index in [9.17, 15) is 0 Å². The zero-order valence-corrected chi connectivity index (χ0v) is 12.2. The lowest BCUT2D eigenvalue weighted by atomic mass is 10.00. The van der Waals surface area contributed by atoms with Crippen molar-refractivity contribution >= 4 is 11.6 Å². The molecule has 0 saturated heterocycles. The first kappa shape index (κ1) is 14.6. The van der Waals surface area contributed by atoms with Gasteiger partial charge < -0.3 is 15.2 Å². The van der Waals surface area contributed by atoms with Crippen LogP contribution in [-0.2, 0) is 6.42 Å². The number of nitrogens with zero attached hydrogens (tertiary/aromatic N) is 1. The van der Waals surface area contributed by atoms with Gasteiger partial charge in [0.15, 0.2) is 0 Å². The fraction of sp³-hybridized carbons (Fsp3) is 0.267. The molecule has 106 valence electrons. The molecule has 0 radical (unpaired) electrons. The maximum Gasteiger partial charge on any atom is 0.217 e. The third-order valence-corrected chi connectivity index (χ3v) is 3.31. The molecule has 20 heavy (non-hydrogen) atoms. The van der Waals surface area contributed by atoms with Crippen LogP contribution in [-0.4, -0.2) is 19.2 Å². The molecule has 0 saturated carbocycles. The molecular formula is C15H17ClN2O2. The standard InChI is InChI=1S/C15H17ClN2O2/c1-19-14-6-5-11(16)8-10(14)9-13(17)12-4-3-7-18-15(12)20-2/h3-8,13H,9,17H2,1-2H3. The Bertz CT molecular complexity index is 590. The predicted molar refractivity (Wildman–Crippen MR) is 79.4 cm³/mol. The molecule has 0 spiro atoms. The highest BCUT2D eigenvalue weighted by molar-refractivity contribution is 6.30. The molecule has 1 aromatic heterocycles. The van der Waals surface area contributed by atoms with E-state index in [2.05, 4.69) is 4.98 Å². The van der Waals surface area contributed by atoms with Crippen molar-refractivity contribution in [2.24, 2.45) is 5.73 Å². The van der Waals surface area contributed by atoms with Crippen LogP contribution in [0.5, 0.6) is 11.6 Å². The van der Waals surface area contributed by atoms with Gasteiger partial charge in [0.05, 0.1) is 14.2 Å². The average molecular weight is 293 g/mol. The predicted octanol–water partition coefficient (Wildman–Crippen LogP) is 2.99. The van der Waals surface area contributed by atoms with Crippen LogP contribution < -0.4 is 15.2 Å². The Hall–Kier alpha value is -1.78. The summed E-state index contributed by atoms with van der Waals surface area (Å²) >= 11 is 6.03. The number of rotatable bonds is 5. The monoisotopic (exact) mass is 292 g/mol. The number of hydrogen-bond donors (Lipinski definition) is 1. The molecule has 0 aliphatic heterocycles. The highest BCUT2D eigenvalue weighted by atomic mass is 35.5. The van der Waals surface area contributed by atoms with E-state index in [1.807, 2.05) is 24.3 Å². The highest BCUT2D eigenvalue weighted by Gasteiger charge is 2.15. The molecule has 1 aromatic carbocycles. The van der Waals surface area contributed by atoms with E-state index in [0.29, 0.717) is 17.3 Å². The Kier molecular flexibility index (Phi) is 4.82. The molecule has 2 aromatic rings. The third kappa shape index (κ3) is 3.21. The molecule has 1 atom stereocenters. The van der Waals surface area contributed by atoms with Crippen molar-refractivity contribution in [1.82, 2.24) is 4.98 Å². The van der Waals surface area contributed by atoms with E-state index in [1.54, 1.807) is 26.5 Å². The van der Waals surface area contributed by atoms with Crippen LogP contribution >= 0.6 is 11.6 Å². The number of ether oxygens (including phenoxy) is 2. The Morgan fingerprint density at radius 3 is 2.75 bits per heavy atom. The van der Waals surface area contributed by atoms with Gasteiger partial charge >= 0.3 is 0 Å². The SMILES string of the molecule is COc1ccc(Cl)cc1CC(N)c1cccnc1OC. The molecule has 0 fully saturated rings. The van der Waals surface area contributed by atoms with Gasteiger partial charge in [-0.1, -0.05) is 17.7 Å². The van der Waals surface area contributed by atoms with Gasteiger partial charge in [-0.3, -0.25) is 0 Å². The first-order valence-corrected chi connectivity index (χ1v) is 6.60. The molecule has 0 aliphatic carbocycles. The normalized spacial score (nSPS) is 12.0. The summed E-state index contributed by atoms with van der Waals surface area (Å²) in [6.07, 6.45) is 2.26. The van der Waals surface area contributed by atoms with Crippen LogP contribution in [0.25, 0.3) is 0 Å². The molecular weight excluding hydrogens is 276 g/mol. The number of aromatic nitrogens is 1. The first-order valence-electron chi connectivity index (χ1n) is 6.22. The van der Waals surface area contributed by atoms with Crippen molar-refractivity contribution in [1.29, 1.82) is 0 Å². The minimum absolute atomic E-state index is 0.244. The van der Waals surface area contributed by atoms with Gasteiger partial charge in [-0.05, 0) is 36.2 Å². The summed E-state index contributed by atoms with van der Waals surface area (Å²) in [5, 5.41) is 0.658. The number of hydrogen-bond acceptors (Lipinski definition) is 4. The summed E-state index contributed by atoms with van der Waals surface area (Å²) in [4.78, 5) is 4.16. The van der Waals surface area contributed by atoms with Gasteiger partial charge in [0, 0.05) is 22.8 Å². The maximum absolute atomic E-state index is 6.26. The van der Waals surface area contributed by atoms with Crippen molar-refractivity contribution in [2.45, 2.75) is 12.5 Å². The van der Waals surface area contributed by atoms with Gasteiger partial charge in [-0.15, -0.1) is 0 Å². The largest absolute Gasteiger partial charge is 0.496 e. The first-order chi connectivity index (χ1) is 9.65. The number of nitrogens with two attached hydrogens (primary N) is 1. The lowest BCUT2D eigenvalue weighted by molar-refractivity contribution is 0.386. The van der Waals surface area contributed by atoms with Crippen molar-refractivity contribution in [3.63, 3.8) is 0 Å². The second-order valence-corrected chi connectivity index (χ2v) is 4.81. The van der Waals surface area contributed by atoms with Crippen molar-refractivity contribution < 1.29 is 9.47 Å². The van der Waals surface area contributed by atoms with E-state index < -0.39 is 0 Å². The van der Waals surface area contributed by atoms with Crippen LogP contribution in [0.1, 0.15) is 17.2 Å². The zero-order valence-electron chi connectivity index (χ0n) is 11.5. The summed E-state index contributed by atoms with van der Waals surface area (Å²) in [6, 6.07) is 9.00. The topological polar surface area (TPSA) is 57.4 Å². The molecule has 1 heterocycles. The Morgan fingerprint density at radius 2 is 2.05 bits per heavy atom.